The number of amides is 4. The molecule has 3 heterocycles. The van der Waals surface area contributed by atoms with Crippen LogP contribution in [0.15, 0.2) is 0 Å². The summed E-state index contributed by atoms with van der Waals surface area (Å²) in [6, 6.07) is -0.775. The number of carbonyl (C=O) groups is 3. The fourth-order valence-corrected chi connectivity index (χ4v) is 7.15. The maximum atomic E-state index is 13.1. The zero-order valence-electron chi connectivity index (χ0n) is 19.7. The van der Waals surface area contributed by atoms with Crippen molar-refractivity contribution in [3.63, 3.8) is 0 Å². The van der Waals surface area contributed by atoms with Crippen molar-refractivity contribution in [1.82, 2.24) is 23.3 Å². The number of urea groups is 1. The lowest BCUT2D eigenvalue weighted by molar-refractivity contribution is -0.145. The Bertz CT molecular complexity index is 880. The quantitative estimate of drug-likeness (QED) is 0.406. The molecule has 186 valence electrons. The van der Waals surface area contributed by atoms with Crippen LogP contribution >= 0.6 is 0 Å². The molecule has 4 atom stereocenters. The standard InChI is InChI=1S/C21H35N5O6S/c1-15-6-4-5-7-18(15)26-20(28)19(27)25(21(26)29)14-22-8-10-23(11-9-22)33(30,31)24-12-16(2)32-17(3)13-24/h15-18H,4-14H2,1-3H3. The molecule has 4 aliphatic rings. The van der Waals surface area contributed by atoms with Gasteiger partial charge in [0.05, 0.1) is 18.9 Å². The van der Waals surface area contributed by atoms with Crippen LogP contribution in [0.25, 0.3) is 0 Å². The largest absolute Gasteiger partial charge is 0.373 e. The van der Waals surface area contributed by atoms with Crippen molar-refractivity contribution in [2.45, 2.75) is 64.7 Å². The average Bonchev–Trinajstić information content (AvgIpc) is 2.97. The van der Waals surface area contributed by atoms with E-state index in [1.165, 1.54) is 8.61 Å². The first kappa shape index (κ1) is 24.5. The van der Waals surface area contributed by atoms with Gasteiger partial charge in [-0.1, -0.05) is 19.8 Å². The van der Waals surface area contributed by atoms with Crippen LogP contribution in [0.4, 0.5) is 4.79 Å². The van der Waals surface area contributed by atoms with Gasteiger partial charge in [-0.2, -0.15) is 17.0 Å². The number of rotatable bonds is 5. The Morgan fingerprint density at radius 1 is 0.848 bits per heavy atom. The number of morpholine rings is 1. The van der Waals surface area contributed by atoms with E-state index in [1.54, 1.807) is 0 Å². The van der Waals surface area contributed by atoms with Gasteiger partial charge >= 0.3 is 17.8 Å². The molecule has 0 bridgehead atoms. The van der Waals surface area contributed by atoms with Crippen LogP contribution in [0.3, 0.4) is 0 Å². The highest BCUT2D eigenvalue weighted by molar-refractivity contribution is 7.86. The topological polar surface area (TPSA) is 111 Å². The molecular weight excluding hydrogens is 450 g/mol. The summed E-state index contributed by atoms with van der Waals surface area (Å²) in [6.45, 7) is 7.65. The number of imide groups is 2. The first-order chi connectivity index (χ1) is 15.6. The summed E-state index contributed by atoms with van der Waals surface area (Å²) < 4.78 is 34.7. The number of hydrogen-bond acceptors (Lipinski definition) is 7. The van der Waals surface area contributed by atoms with Crippen LogP contribution in [-0.4, -0.2) is 114 Å². The highest BCUT2D eigenvalue weighted by atomic mass is 32.2. The molecule has 0 aromatic rings. The fraction of sp³-hybridized carbons (Fsp3) is 0.857. The molecule has 4 amide bonds. The summed E-state index contributed by atoms with van der Waals surface area (Å²) in [5.74, 6) is -1.35. The summed E-state index contributed by atoms with van der Waals surface area (Å²) >= 11 is 0. The Labute approximate surface area is 195 Å². The lowest BCUT2D eigenvalue weighted by atomic mass is 9.85. The lowest BCUT2D eigenvalue weighted by Gasteiger charge is -2.40. The van der Waals surface area contributed by atoms with Gasteiger partial charge in [0, 0.05) is 45.3 Å². The average molecular weight is 486 g/mol. The van der Waals surface area contributed by atoms with E-state index in [-0.39, 0.29) is 43.9 Å². The van der Waals surface area contributed by atoms with E-state index in [1.807, 2.05) is 25.7 Å². The first-order valence-electron chi connectivity index (χ1n) is 11.9. The molecule has 0 N–H and O–H groups in total. The molecule has 0 spiro atoms. The predicted molar refractivity (Wildman–Crippen MR) is 119 cm³/mol. The second kappa shape index (κ2) is 9.57. The zero-order chi connectivity index (χ0) is 23.9. The molecule has 0 radical (unpaired) electrons. The number of hydrogen-bond donors (Lipinski definition) is 0. The maximum Gasteiger partial charge on any atom is 0.335 e. The summed E-state index contributed by atoms with van der Waals surface area (Å²) in [5.41, 5.74) is 0. The monoisotopic (exact) mass is 485 g/mol. The Hall–Kier alpha value is -1.60. The van der Waals surface area contributed by atoms with Gasteiger partial charge in [-0.05, 0) is 32.6 Å². The van der Waals surface area contributed by atoms with E-state index in [0.717, 1.165) is 35.5 Å². The number of nitrogens with zero attached hydrogens (tertiary/aromatic N) is 5. The third-order valence-electron chi connectivity index (χ3n) is 7.19. The summed E-state index contributed by atoms with van der Waals surface area (Å²) in [4.78, 5) is 42.2. The van der Waals surface area contributed by atoms with Crippen LogP contribution < -0.4 is 0 Å². The minimum Gasteiger partial charge on any atom is -0.373 e. The molecule has 4 rings (SSSR count). The van der Waals surface area contributed by atoms with E-state index in [4.69, 9.17) is 4.74 Å². The molecular formula is C21H35N5O6S. The van der Waals surface area contributed by atoms with E-state index in [9.17, 15) is 22.8 Å². The molecule has 4 fully saturated rings. The second-order valence-electron chi connectivity index (χ2n) is 9.76. The molecule has 0 aromatic heterocycles. The fourth-order valence-electron chi connectivity index (χ4n) is 5.40. The van der Waals surface area contributed by atoms with Crippen molar-refractivity contribution in [2.75, 3.05) is 45.9 Å². The van der Waals surface area contributed by atoms with Gasteiger partial charge in [-0.15, -0.1) is 0 Å². The van der Waals surface area contributed by atoms with Gasteiger partial charge in [0.25, 0.3) is 10.2 Å². The van der Waals surface area contributed by atoms with E-state index in [0.29, 0.717) is 26.2 Å². The van der Waals surface area contributed by atoms with Crippen molar-refractivity contribution < 1.29 is 27.5 Å². The number of piperazine rings is 1. The predicted octanol–water partition coefficient (Wildman–Crippen LogP) is 0.285. The van der Waals surface area contributed by atoms with Crippen molar-refractivity contribution in [2.24, 2.45) is 5.92 Å². The first-order valence-corrected chi connectivity index (χ1v) is 13.3. The van der Waals surface area contributed by atoms with Crippen molar-refractivity contribution in [3.8, 4) is 0 Å². The maximum absolute atomic E-state index is 13.1. The molecule has 33 heavy (non-hydrogen) atoms. The van der Waals surface area contributed by atoms with Gasteiger partial charge in [0.15, 0.2) is 0 Å². The smallest absolute Gasteiger partial charge is 0.335 e. The number of ether oxygens (including phenoxy) is 1. The second-order valence-corrected chi connectivity index (χ2v) is 11.7. The minimum atomic E-state index is -3.61. The van der Waals surface area contributed by atoms with Crippen LogP contribution in [0.2, 0.25) is 0 Å². The van der Waals surface area contributed by atoms with Crippen LogP contribution in [0.1, 0.15) is 46.5 Å². The van der Waals surface area contributed by atoms with E-state index >= 15 is 0 Å². The summed E-state index contributed by atoms with van der Waals surface area (Å²) in [6.07, 6.45) is 3.36. The highest BCUT2D eigenvalue weighted by Gasteiger charge is 2.49. The van der Waals surface area contributed by atoms with Crippen LogP contribution in [-0.2, 0) is 24.5 Å². The molecule has 12 heteroatoms. The molecule has 4 unspecified atom stereocenters. The Balaban J connectivity index is 1.35. The molecule has 11 nitrogen and oxygen atoms in total. The third-order valence-corrected chi connectivity index (χ3v) is 9.16. The molecule has 3 aliphatic heterocycles. The Kier molecular flexibility index (Phi) is 7.11. The van der Waals surface area contributed by atoms with Crippen molar-refractivity contribution in [3.05, 3.63) is 0 Å². The Morgan fingerprint density at radius 2 is 1.45 bits per heavy atom. The molecule has 0 aromatic carbocycles. The Morgan fingerprint density at radius 3 is 2.06 bits per heavy atom. The molecule has 1 aliphatic carbocycles. The van der Waals surface area contributed by atoms with Crippen molar-refractivity contribution in [1.29, 1.82) is 0 Å². The van der Waals surface area contributed by atoms with Gasteiger partial charge < -0.3 is 4.74 Å². The van der Waals surface area contributed by atoms with Gasteiger partial charge in [0.1, 0.15) is 0 Å². The molecule has 3 saturated heterocycles. The van der Waals surface area contributed by atoms with Gasteiger partial charge in [0.2, 0.25) is 0 Å². The number of carbonyl (C=O) groups excluding carboxylic acids is 3. The minimum absolute atomic E-state index is 0.000514. The highest BCUT2D eigenvalue weighted by Crippen LogP contribution is 2.31. The van der Waals surface area contributed by atoms with Crippen LogP contribution in [0, 0.1) is 5.92 Å². The van der Waals surface area contributed by atoms with Crippen LogP contribution in [0.5, 0.6) is 0 Å². The van der Waals surface area contributed by atoms with E-state index in [2.05, 4.69) is 0 Å². The van der Waals surface area contributed by atoms with Gasteiger partial charge in [-0.25, -0.2) is 9.69 Å². The van der Waals surface area contributed by atoms with Gasteiger partial charge in [-0.3, -0.25) is 19.4 Å². The lowest BCUT2D eigenvalue weighted by Crippen LogP contribution is -2.58. The van der Waals surface area contributed by atoms with Crippen molar-refractivity contribution >= 4 is 28.1 Å². The third kappa shape index (κ3) is 4.81. The molecule has 1 saturated carbocycles. The summed E-state index contributed by atoms with van der Waals surface area (Å²) in [7, 11) is -3.61. The summed E-state index contributed by atoms with van der Waals surface area (Å²) in [5, 5.41) is 0. The van der Waals surface area contributed by atoms with E-state index < -0.39 is 28.1 Å². The SMILES string of the molecule is CC1CN(S(=O)(=O)N2CCN(CN3C(=O)C(=O)N(C4CCCCC4C)C3=O)CC2)CC(C)O1. The zero-order valence-corrected chi connectivity index (χ0v) is 20.5. The normalized spacial score (nSPS) is 33.8.